The number of amides is 1. The van der Waals surface area contributed by atoms with Gasteiger partial charge in [0.15, 0.2) is 0 Å². The first kappa shape index (κ1) is 14.4. The first-order valence-electron chi connectivity index (χ1n) is 7.33. The molecule has 3 rings (SSSR count). The van der Waals surface area contributed by atoms with Crippen molar-refractivity contribution < 1.29 is 18.7 Å². The maximum absolute atomic E-state index is 14.1. The standard InChI is InChI=1S/C14H19F2N3O2/c15-14(16,13(21)5-1-6-13)12(20)18-9-3-11(4-10-18)19-8-2-7-17-19/h2,7-8,11,21H,1,3-6,9-10H2. The topological polar surface area (TPSA) is 58.4 Å². The molecule has 0 bridgehead atoms. The van der Waals surface area contributed by atoms with E-state index in [1.165, 1.54) is 4.90 Å². The highest BCUT2D eigenvalue weighted by Gasteiger charge is 2.62. The summed E-state index contributed by atoms with van der Waals surface area (Å²) in [4.78, 5) is 13.2. The number of aromatic nitrogens is 2. The molecule has 1 aliphatic carbocycles. The number of carbonyl (C=O) groups excluding carboxylic acids is 1. The van der Waals surface area contributed by atoms with Crippen molar-refractivity contribution in [1.29, 1.82) is 0 Å². The molecular formula is C14H19F2N3O2. The van der Waals surface area contributed by atoms with Gasteiger partial charge in [0, 0.05) is 25.5 Å². The number of halogens is 2. The third kappa shape index (κ3) is 2.33. The zero-order valence-corrected chi connectivity index (χ0v) is 11.7. The van der Waals surface area contributed by atoms with Gasteiger partial charge in [-0.15, -0.1) is 0 Å². The van der Waals surface area contributed by atoms with Crippen LogP contribution >= 0.6 is 0 Å². The van der Waals surface area contributed by atoms with Crippen LogP contribution in [0.1, 0.15) is 38.1 Å². The SMILES string of the molecule is O=C(N1CCC(n2cccn2)CC1)C(F)(F)C1(O)CCC1. The molecule has 2 heterocycles. The van der Waals surface area contributed by atoms with Gasteiger partial charge in [0.25, 0.3) is 5.91 Å². The van der Waals surface area contributed by atoms with Crippen LogP contribution in [0.3, 0.4) is 0 Å². The minimum absolute atomic E-state index is 0.00447. The highest BCUT2D eigenvalue weighted by molar-refractivity contribution is 5.85. The molecule has 1 saturated carbocycles. The van der Waals surface area contributed by atoms with Crippen molar-refractivity contribution in [3.05, 3.63) is 18.5 Å². The van der Waals surface area contributed by atoms with Crippen molar-refractivity contribution in [3.8, 4) is 0 Å². The largest absolute Gasteiger partial charge is 0.383 e. The molecule has 21 heavy (non-hydrogen) atoms. The van der Waals surface area contributed by atoms with E-state index in [0.717, 1.165) is 0 Å². The van der Waals surface area contributed by atoms with Gasteiger partial charge in [0.2, 0.25) is 0 Å². The average Bonchev–Trinajstić information content (AvgIpc) is 2.98. The van der Waals surface area contributed by atoms with Gasteiger partial charge >= 0.3 is 5.92 Å². The number of alkyl halides is 2. The number of hydrogen-bond donors (Lipinski definition) is 1. The number of piperidine rings is 1. The lowest BCUT2D eigenvalue weighted by Gasteiger charge is -2.44. The second-order valence-corrected chi connectivity index (χ2v) is 5.97. The van der Waals surface area contributed by atoms with Crippen molar-refractivity contribution in [2.75, 3.05) is 13.1 Å². The lowest BCUT2D eigenvalue weighted by molar-refractivity contribution is -0.224. The van der Waals surface area contributed by atoms with E-state index in [0.29, 0.717) is 19.3 Å². The summed E-state index contributed by atoms with van der Waals surface area (Å²) in [5.41, 5.74) is -2.14. The highest BCUT2D eigenvalue weighted by Crippen LogP contribution is 2.45. The molecule has 1 aromatic heterocycles. The van der Waals surface area contributed by atoms with Gasteiger partial charge in [-0.1, -0.05) is 0 Å². The Hall–Kier alpha value is -1.50. The fourth-order valence-electron chi connectivity index (χ4n) is 3.05. The summed E-state index contributed by atoms with van der Waals surface area (Å²) in [5.74, 6) is -4.91. The van der Waals surface area contributed by atoms with Gasteiger partial charge in [0.05, 0.1) is 6.04 Å². The summed E-state index contributed by atoms with van der Waals surface area (Å²) in [6.07, 6.45) is 5.25. The second kappa shape index (κ2) is 5.05. The molecule has 2 fully saturated rings. The van der Waals surface area contributed by atoms with Crippen LogP contribution in [-0.2, 0) is 4.79 Å². The van der Waals surface area contributed by atoms with Gasteiger partial charge in [-0.2, -0.15) is 13.9 Å². The first-order chi connectivity index (χ1) is 9.94. The van der Waals surface area contributed by atoms with Crippen LogP contribution in [0, 0.1) is 0 Å². The number of nitrogens with zero attached hydrogens (tertiary/aromatic N) is 3. The molecular weight excluding hydrogens is 280 g/mol. The van der Waals surface area contributed by atoms with Crippen LogP contribution in [0.4, 0.5) is 8.78 Å². The maximum atomic E-state index is 14.1. The number of likely N-dealkylation sites (tertiary alicyclic amines) is 1. The fourth-order valence-corrected chi connectivity index (χ4v) is 3.05. The molecule has 0 atom stereocenters. The summed E-state index contributed by atoms with van der Waals surface area (Å²) in [5, 5.41) is 14.0. The number of carbonyl (C=O) groups is 1. The minimum atomic E-state index is -3.68. The molecule has 0 radical (unpaired) electrons. The number of hydrogen-bond acceptors (Lipinski definition) is 3. The summed E-state index contributed by atoms with van der Waals surface area (Å²) >= 11 is 0. The quantitative estimate of drug-likeness (QED) is 0.922. The van der Waals surface area contributed by atoms with Gasteiger partial charge in [-0.3, -0.25) is 9.48 Å². The molecule has 1 aliphatic heterocycles. The number of rotatable bonds is 3. The summed E-state index contributed by atoms with van der Waals surface area (Å²) in [6.45, 7) is 0.546. The molecule has 0 aromatic carbocycles. The summed E-state index contributed by atoms with van der Waals surface area (Å²) in [6, 6.07) is 1.96. The predicted octanol–water partition coefficient (Wildman–Crippen LogP) is 1.60. The van der Waals surface area contributed by atoms with E-state index in [-0.39, 0.29) is 32.0 Å². The van der Waals surface area contributed by atoms with E-state index in [9.17, 15) is 18.7 Å². The van der Waals surface area contributed by atoms with E-state index < -0.39 is 17.4 Å². The zero-order chi connectivity index (χ0) is 15.1. The number of aliphatic hydroxyl groups is 1. The van der Waals surface area contributed by atoms with Gasteiger partial charge < -0.3 is 10.0 Å². The Morgan fingerprint density at radius 3 is 2.48 bits per heavy atom. The molecule has 116 valence electrons. The fraction of sp³-hybridized carbons (Fsp3) is 0.714. The van der Waals surface area contributed by atoms with Crippen LogP contribution in [0.15, 0.2) is 18.5 Å². The molecule has 0 unspecified atom stereocenters. The van der Waals surface area contributed by atoms with Crippen LogP contribution in [0.25, 0.3) is 0 Å². The highest BCUT2D eigenvalue weighted by atomic mass is 19.3. The molecule has 1 saturated heterocycles. The molecule has 1 N–H and O–H groups in total. The van der Waals surface area contributed by atoms with Crippen LogP contribution in [0.5, 0.6) is 0 Å². The van der Waals surface area contributed by atoms with Crippen molar-refractivity contribution >= 4 is 5.91 Å². The van der Waals surface area contributed by atoms with Crippen LogP contribution < -0.4 is 0 Å². The van der Waals surface area contributed by atoms with Crippen LogP contribution in [0.2, 0.25) is 0 Å². The Labute approximate surface area is 121 Å². The van der Waals surface area contributed by atoms with Gasteiger partial charge in [0.1, 0.15) is 5.60 Å². The lowest BCUT2D eigenvalue weighted by atomic mass is 9.75. The van der Waals surface area contributed by atoms with Crippen molar-refractivity contribution in [2.24, 2.45) is 0 Å². The van der Waals surface area contributed by atoms with E-state index >= 15 is 0 Å². The monoisotopic (exact) mass is 299 g/mol. The normalized spacial score (nSPS) is 22.9. The van der Waals surface area contributed by atoms with E-state index in [1.54, 1.807) is 10.9 Å². The molecule has 1 aromatic rings. The van der Waals surface area contributed by atoms with Gasteiger partial charge in [-0.05, 0) is 38.2 Å². The Balaban J connectivity index is 1.62. The Morgan fingerprint density at radius 2 is 2.00 bits per heavy atom. The zero-order valence-electron chi connectivity index (χ0n) is 11.7. The van der Waals surface area contributed by atoms with E-state index in [1.807, 2.05) is 12.3 Å². The average molecular weight is 299 g/mol. The maximum Gasteiger partial charge on any atom is 0.352 e. The van der Waals surface area contributed by atoms with Crippen molar-refractivity contribution in [3.63, 3.8) is 0 Å². The Kier molecular flexibility index (Phi) is 3.47. The van der Waals surface area contributed by atoms with E-state index in [4.69, 9.17) is 0 Å². The smallest absolute Gasteiger partial charge is 0.352 e. The molecule has 7 heteroatoms. The van der Waals surface area contributed by atoms with Gasteiger partial charge in [-0.25, -0.2) is 0 Å². The van der Waals surface area contributed by atoms with Crippen molar-refractivity contribution in [1.82, 2.24) is 14.7 Å². The second-order valence-electron chi connectivity index (χ2n) is 5.97. The van der Waals surface area contributed by atoms with Crippen LogP contribution in [-0.4, -0.2) is 50.3 Å². The Bertz CT molecular complexity index is 506. The summed E-state index contributed by atoms with van der Waals surface area (Å²) in [7, 11) is 0. The summed E-state index contributed by atoms with van der Waals surface area (Å²) < 4.78 is 30.1. The lowest BCUT2D eigenvalue weighted by Crippen LogP contribution is -2.62. The molecule has 0 spiro atoms. The first-order valence-corrected chi connectivity index (χ1v) is 7.33. The third-order valence-corrected chi connectivity index (χ3v) is 4.68. The molecule has 2 aliphatic rings. The Morgan fingerprint density at radius 1 is 1.33 bits per heavy atom. The minimum Gasteiger partial charge on any atom is -0.383 e. The molecule has 5 nitrogen and oxygen atoms in total. The predicted molar refractivity (Wildman–Crippen MR) is 70.8 cm³/mol. The third-order valence-electron chi connectivity index (χ3n) is 4.68. The molecule has 1 amide bonds. The van der Waals surface area contributed by atoms with Crippen molar-refractivity contribution in [2.45, 2.75) is 49.7 Å². The van der Waals surface area contributed by atoms with E-state index in [2.05, 4.69) is 5.10 Å².